The van der Waals surface area contributed by atoms with E-state index in [0.29, 0.717) is 5.56 Å². The molecular formula is C27H20N2OS. The molecule has 0 bridgehead atoms. The number of carbonyl (C=O) groups excluding carboxylic acids is 1. The molecule has 3 aromatic carbocycles. The Morgan fingerprint density at radius 2 is 1.45 bits per heavy atom. The highest BCUT2D eigenvalue weighted by Crippen LogP contribution is 2.28. The number of hydrogen-bond acceptors (Lipinski definition) is 3. The Labute approximate surface area is 185 Å². The van der Waals surface area contributed by atoms with E-state index in [1.165, 1.54) is 0 Å². The predicted molar refractivity (Wildman–Crippen MR) is 127 cm³/mol. The summed E-state index contributed by atoms with van der Waals surface area (Å²) in [4.78, 5) is 18.4. The molecule has 0 aliphatic carbocycles. The fourth-order valence-corrected chi connectivity index (χ4v) is 4.43. The highest BCUT2D eigenvalue weighted by Gasteiger charge is 2.20. The molecule has 0 aliphatic heterocycles. The average Bonchev–Trinajstić information content (AvgIpc) is 3.38. The number of nitrogens with one attached hydrogen (secondary N) is 1. The van der Waals surface area contributed by atoms with Crippen LogP contribution in [-0.2, 0) is 0 Å². The highest BCUT2D eigenvalue weighted by atomic mass is 32.1. The van der Waals surface area contributed by atoms with E-state index < -0.39 is 0 Å². The molecule has 1 N–H and O–H groups in total. The van der Waals surface area contributed by atoms with E-state index in [0.717, 1.165) is 33.3 Å². The third kappa shape index (κ3) is 3.98. The summed E-state index contributed by atoms with van der Waals surface area (Å²) in [6, 6.07) is 31.6. The molecule has 0 atom stereocenters. The van der Waals surface area contributed by atoms with Crippen LogP contribution in [0.15, 0.2) is 108 Å². The number of thiophene rings is 1. The second-order valence-electron chi connectivity index (χ2n) is 7.31. The van der Waals surface area contributed by atoms with Crippen molar-refractivity contribution in [1.29, 1.82) is 0 Å². The Bertz CT molecular complexity index is 1280. The fraction of sp³-hybridized carbons (Fsp3) is 0.0370. The van der Waals surface area contributed by atoms with Crippen molar-refractivity contribution in [3.05, 3.63) is 125 Å². The SMILES string of the molecule is O=C(NC(c1ccccc1)c1ccccc1)c1cc(-c2ccsc2)nc2ccccc12. The molecule has 0 saturated heterocycles. The second kappa shape index (κ2) is 8.54. The Kier molecular flexibility index (Phi) is 5.29. The molecule has 0 fully saturated rings. The van der Waals surface area contributed by atoms with Gasteiger partial charge in [0.15, 0.2) is 0 Å². The molecule has 0 aliphatic rings. The van der Waals surface area contributed by atoms with Gasteiger partial charge in [-0.05, 0) is 34.7 Å². The molecule has 2 heterocycles. The minimum atomic E-state index is -0.244. The van der Waals surface area contributed by atoms with Gasteiger partial charge in [0.05, 0.1) is 22.8 Å². The first-order chi connectivity index (χ1) is 15.3. The van der Waals surface area contributed by atoms with Crippen LogP contribution in [0.2, 0.25) is 0 Å². The predicted octanol–water partition coefficient (Wildman–Crippen LogP) is 6.48. The summed E-state index contributed by atoms with van der Waals surface area (Å²) >= 11 is 1.62. The normalized spacial score (nSPS) is 11.0. The minimum Gasteiger partial charge on any atom is -0.341 e. The number of nitrogens with zero attached hydrogens (tertiary/aromatic N) is 1. The third-order valence-corrected chi connectivity index (χ3v) is 6.00. The summed E-state index contributed by atoms with van der Waals surface area (Å²) in [6.45, 7) is 0. The van der Waals surface area contributed by atoms with Gasteiger partial charge in [-0.2, -0.15) is 11.3 Å². The molecule has 3 nitrogen and oxygen atoms in total. The molecule has 150 valence electrons. The maximum Gasteiger partial charge on any atom is 0.252 e. The first-order valence-electron chi connectivity index (χ1n) is 10.1. The lowest BCUT2D eigenvalue weighted by Crippen LogP contribution is -2.29. The van der Waals surface area contributed by atoms with Gasteiger partial charge < -0.3 is 5.32 Å². The molecule has 31 heavy (non-hydrogen) atoms. The first-order valence-corrected chi connectivity index (χ1v) is 11.1. The zero-order chi connectivity index (χ0) is 21.0. The maximum absolute atomic E-state index is 13.6. The topological polar surface area (TPSA) is 42.0 Å². The van der Waals surface area contributed by atoms with Crippen LogP contribution in [0.5, 0.6) is 0 Å². The van der Waals surface area contributed by atoms with Crippen LogP contribution in [-0.4, -0.2) is 10.9 Å². The quantitative estimate of drug-likeness (QED) is 0.353. The molecule has 1 amide bonds. The summed E-state index contributed by atoms with van der Waals surface area (Å²) in [5.74, 6) is -0.118. The van der Waals surface area contributed by atoms with Gasteiger partial charge in [-0.3, -0.25) is 4.79 Å². The summed E-state index contributed by atoms with van der Waals surface area (Å²) in [5.41, 5.74) is 5.35. The number of para-hydroxylation sites is 1. The van der Waals surface area contributed by atoms with Crippen molar-refractivity contribution in [2.24, 2.45) is 0 Å². The Morgan fingerprint density at radius 1 is 0.806 bits per heavy atom. The van der Waals surface area contributed by atoms with Crippen molar-refractivity contribution in [3.8, 4) is 11.3 Å². The Hall–Kier alpha value is -3.76. The van der Waals surface area contributed by atoms with Crippen LogP contribution < -0.4 is 5.32 Å². The molecule has 0 saturated carbocycles. The van der Waals surface area contributed by atoms with E-state index in [-0.39, 0.29) is 11.9 Å². The number of pyridine rings is 1. The molecule has 4 heteroatoms. The van der Waals surface area contributed by atoms with Gasteiger partial charge in [0.1, 0.15) is 0 Å². The zero-order valence-electron chi connectivity index (χ0n) is 16.7. The van der Waals surface area contributed by atoms with Crippen LogP contribution >= 0.6 is 11.3 Å². The summed E-state index contributed by atoms with van der Waals surface area (Å²) < 4.78 is 0. The zero-order valence-corrected chi connectivity index (χ0v) is 17.5. The van der Waals surface area contributed by atoms with Gasteiger partial charge in [-0.25, -0.2) is 4.98 Å². The van der Waals surface area contributed by atoms with Crippen molar-refractivity contribution in [2.45, 2.75) is 6.04 Å². The first kappa shape index (κ1) is 19.2. The molecule has 5 aromatic rings. The fourth-order valence-electron chi connectivity index (χ4n) is 3.78. The van der Waals surface area contributed by atoms with E-state index in [2.05, 4.69) is 10.7 Å². The summed E-state index contributed by atoms with van der Waals surface area (Å²) in [6.07, 6.45) is 0. The molecule has 2 aromatic heterocycles. The summed E-state index contributed by atoms with van der Waals surface area (Å²) in [5, 5.41) is 8.18. The van der Waals surface area contributed by atoms with Crippen molar-refractivity contribution in [1.82, 2.24) is 10.3 Å². The molecule has 0 spiro atoms. The monoisotopic (exact) mass is 420 g/mol. The van der Waals surface area contributed by atoms with Crippen molar-refractivity contribution >= 4 is 28.1 Å². The Balaban J connectivity index is 1.59. The van der Waals surface area contributed by atoms with Crippen molar-refractivity contribution in [3.63, 3.8) is 0 Å². The number of rotatable bonds is 5. The van der Waals surface area contributed by atoms with Gasteiger partial charge in [0.2, 0.25) is 0 Å². The lowest BCUT2D eigenvalue weighted by Gasteiger charge is -2.20. The van der Waals surface area contributed by atoms with Gasteiger partial charge in [0, 0.05) is 16.3 Å². The number of amides is 1. The van der Waals surface area contributed by atoms with E-state index in [1.807, 2.05) is 102 Å². The smallest absolute Gasteiger partial charge is 0.252 e. The van der Waals surface area contributed by atoms with Crippen LogP contribution in [0.3, 0.4) is 0 Å². The van der Waals surface area contributed by atoms with Crippen LogP contribution in [0.4, 0.5) is 0 Å². The summed E-state index contributed by atoms with van der Waals surface area (Å²) in [7, 11) is 0. The lowest BCUT2D eigenvalue weighted by molar-refractivity contribution is 0.0944. The largest absolute Gasteiger partial charge is 0.341 e. The molecule has 5 rings (SSSR count). The van der Waals surface area contributed by atoms with E-state index >= 15 is 0 Å². The number of carbonyl (C=O) groups is 1. The van der Waals surface area contributed by atoms with Crippen LogP contribution in [0.1, 0.15) is 27.5 Å². The molecule has 0 unspecified atom stereocenters. The maximum atomic E-state index is 13.6. The van der Waals surface area contributed by atoms with E-state index in [9.17, 15) is 4.79 Å². The van der Waals surface area contributed by atoms with E-state index in [1.54, 1.807) is 11.3 Å². The van der Waals surface area contributed by atoms with Gasteiger partial charge in [-0.1, -0.05) is 78.9 Å². The van der Waals surface area contributed by atoms with Crippen molar-refractivity contribution < 1.29 is 4.79 Å². The lowest BCUT2D eigenvalue weighted by atomic mass is 9.97. The second-order valence-corrected chi connectivity index (χ2v) is 8.09. The molecule has 0 radical (unpaired) electrons. The number of fused-ring (bicyclic) bond motifs is 1. The highest BCUT2D eigenvalue weighted by molar-refractivity contribution is 7.08. The van der Waals surface area contributed by atoms with E-state index in [4.69, 9.17) is 4.98 Å². The standard InChI is InChI=1S/C27H20N2OS/c30-27(29-26(19-9-3-1-4-10-19)20-11-5-2-6-12-20)23-17-25(21-15-16-31-18-21)28-24-14-8-7-13-22(23)24/h1-18,26H,(H,29,30). The average molecular weight is 421 g/mol. The van der Waals surface area contributed by atoms with Crippen LogP contribution in [0, 0.1) is 0 Å². The van der Waals surface area contributed by atoms with Crippen LogP contribution in [0.25, 0.3) is 22.2 Å². The number of benzene rings is 3. The van der Waals surface area contributed by atoms with Gasteiger partial charge in [0.25, 0.3) is 5.91 Å². The number of aromatic nitrogens is 1. The van der Waals surface area contributed by atoms with Gasteiger partial charge in [-0.15, -0.1) is 0 Å². The third-order valence-electron chi connectivity index (χ3n) is 5.32. The van der Waals surface area contributed by atoms with Gasteiger partial charge >= 0.3 is 0 Å². The minimum absolute atomic E-state index is 0.118. The number of hydrogen-bond donors (Lipinski definition) is 1. The molecular weight excluding hydrogens is 400 g/mol. The van der Waals surface area contributed by atoms with Crippen molar-refractivity contribution in [2.75, 3.05) is 0 Å². The Morgan fingerprint density at radius 3 is 2.10 bits per heavy atom.